The van der Waals surface area contributed by atoms with E-state index in [1.54, 1.807) is 0 Å². The van der Waals surface area contributed by atoms with Crippen molar-refractivity contribution in [2.45, 2.75) is 44.8 Å². The molecule has 2 heteroatoms. The summed E-state index contributed by atoms with van der Waals surface area (Å²) in [6.45, 7) is 9.32. The van der Waals surface area contributed by atoms with Gasteiger partial charge in [0.1, 0.15) is 5.75 Å². The van der Waals surface area contributed by atoms with Crippen molar-refractivity contribution in [2.24, 2.45) is 0 Å². The van der Waals surface area contributed by atoms with Crippen LogP contribution in [0.25, 0.3) is 5.57 Å². The zero-order valence-corrected chi connectivity index (χ0v) is 15.5. The van der Waals surface area contributed by atoms with Crippen LogP contribution in [0, 0.1) is 0 Å². The molecule has 2 aromatic rings. The van der Waals surface area contributed by atoms with Crippen molar-refractivity contribution >= 4 is 13.9 Å². The van der Waals surface area contributed by atoms with Gasteiger partial charge in [-0.15, -0.1) is 0 Å². The van der Waals surface area contributed by atoms with Crippen LogP contribution in [0.5, 0.6) is 5.75 Å². The molecule has 0 amide bonds. The van der Waals surface area contributed by atoms with Gasteiger partial charge in [-0.05, 0) is 34.3 Å². The summed E-state index contributed by atoms with van der Waals surface area (Å²) in [6, 6.07) is 20.3. The topological polar surface area (TPSA) is 9.23 Å². The van der Waals surface area contributed by atoms with Crippen LogP contribution < -0.4 is 4.43 Å². The van der Waals surface area contributed by atoms with Crippen molar-refractivity contribution in [3.63, 3.8) is 0 Å². The van der Waals surface area contributed by atoms with Gasteiger partial charge in [-0.25, -0.2) is 0 Å². The number of fused-ring (bicyclic) bond motifs is 1. The lowest BCUT2D eigenvalue weighted by Gasteiger charge is -2.37. The van der Waals surface area contributed by atoms with Crippen molar-refractivity contribution in [1.82, 2.24) is 0 Å². The SMILES string of the molecule is CC(C)[Si]1(C(C)C)CC=C(c2ccccc2)c2ccccc2O1. The first-order valence-corrected chi connectivity index (χ1v) is 10.9. The van der Waals surface area contributed by atoms with E-state index in [9.17, 15) is 0 Å². The molecule has 0 fully saturated rings. The van der Waals surface area contributed by atoms with E-state index in [0.29, 0.717) is 11.1 Å². The number of rotatable bonds is 3. The van der Waals surface area contributed by atoms with E-state index < -0.39 is 8.32 Å². The molecule has 120 valence electrons. The third kappa shape index (κ3) is 2.88. The van der Waals surface area contributed by atoms with Crippen LogP contribution in [0.4, 0.5) is 0 Å². The summed E-state index contributed by atoms with van der Waals surface area (Å²) in [6.07, 6.45) is 2.44. The van der Waals surface area contributed by atoms with E-state index in [4.69, 9.17) is 4.43 Å². The summed E-state index contributed by atoms with van der Waals surface area (Å²) in [5, 5.41) is 0. The van der Waals surface area contributed by atoms with E-state index in [1.165, 1.54) is 16.7 Å². The second-order valence-electron chi connectivity index (χ2n) is 7.05. The molecular weight excluding hydrogens is 296 g/mol. The van der Waals surface area contributed by atoms with Gasteiger partial charge in [-0.1, -0.05) is 82.3 Å². The van der Waals surface area contributed by atoms with Gasteiger partial charge in [0.05, 0.1) is 0 Å². The molecule has 0 bridgehead atoms. The van der Waals surface area contributed by atoms with Crippen molar-refractivity contribution in [1.29, 1.82) is 0 Å². The van der Waals surface area contributed by atoms with E-state index in [0.717, 1.165) is 11.8 Å². The van der Waals surface area contributed by atoms with Gasteiger partial charge < -0.3 is 4.43 Å². The monoisotopic (exact) mass is 322 g/mol. The minimum Gasteiger partial charge on any atom is -0.542 e. The van der Waals surface area contributed by atoms with Crippen LogP contribution in [0.1, 0.15) is 38.8 Å². The highest BCUT2D eigenvalue weighted by atomic mass is 28.4. The standard InChI is InChI=1S/C21H26OSi/c1-16(2)23(17(3)4)15-14-19(18-10-6-5-7-11-18)20-12-8-9-13-21(20)22-23/h5-14,16-17H,15H2,1-4H3. The van der Waals surface area contributed by atoms with Crippen LogP contribution in [-0.4, -0.2) is 8.32 Å². The lowest BCUT2D eigenvalue weighted by Crippen LogP contribution is -2.47. The lowest BCUT2D eigenvalue weighted by atomic mass is 9.97. The van der Waals surface area contributed by atoms with Crippen LogP contribution >= 0.6 is 0 Å². The minimum atomic E-state index is -1.89. The molecule has 3 rings (SSSR count). The molecule has 1 aliphatic rings. The molecule has 0 radical (unpaired) electrons. The molecule has 0 aromatic heterocycles. The average Bonchev–Trinajstić information content (AvgIpc) is 2.73. The molecule has 2 aromatic carbocycles. The maximum Gasteiger partial charge on any atom is 0.260 e. The average molecular weight is 323 g/mol. The Kier molecular flexibility index (Phi) is 4.45. The molecule has 0 aliphatic carbocycles. The highest BCUT2D eigenvalue weighted by molar-refractivity contribution is 6.77. The number of hydrogen-bond acceptors (Lipinski definition) is 1. The zero-order chi connectivity index (χ0) is 16.4. The molecule has 1 heterocycles. The third-order valence-electron chi connectivity index (χ3n) is 5.14. The quantitative estimate of drug-likeness (QED) is 0.605. The smallest absolute Gasteiger partial charge is 0.260 e. The second kappa shape index (κ2) is 6.36. The second-order valence-corrected chi connectivity index (χ2v) is 11.9. The van der Waals surface area contributed by atoms with E-state index >= 15 is 0 Å². The molecule has 0 N–H and O–H groups in total. The van der Waals surface area contributed by atoms with Crippen LogP contribution in [0.15, 0.2) is 60.7 Å². The molecule has 1 aliphatic heterocycles. The van der Waals surface area contributed by atoms with Gasteiger partial charge in [0.25, 0.3) is 8.32 Å². The molecule has 0 atom stereocenters. The molecule has 0 saturated heterocycles. The maximum atomic E-state index is 6.81. The fourth-order valence-electron chi connectivity index (χ4n) is 3.66. The number of hydrogen-bond donors (Lipinski definition) is 0. The Balaban J connectivity index is 2.17. The molecule has 23 heavy (non-hydrogen) atoms. The Morgan fingerprint density at radius 3 is 2.09 bits per heavy atom. The van der Waals surface area contributed by atoms with E-state index in [1.807, 2.05) is 0 Å². The van der Waals surface area contributed by atoms with Crippen molar-refractivity contribution in [3.05, 3.63) is 71.8 Å². The van der Waals surface area contributed by atoms with Crippen molar-refractivity contribution < 1.29 is 4.43 Å². The van der Waals surface area contributed by atoms with Gasteiger partial charge in [-0.3, -0.25) is 0 Å². The predicted molar refractivity (Wildman–Crippen MR) is 101 cm³/mol. The number of allylic oxidation sites excluding steroid dienone is 1. The Morgan fingerprint density at radius 2 is 1.43 bits per heavy atom. The molecule has 1 nitrogen and oxygen atoms in total. The largest absolute Gasteiger partial charge is 0.542 e. The van der Waals surface area contributed by atoms with Crippen molar-refractivity contribution in [2.75, 3.05) is 0 Å². The highest BCUT2D eigenvalue weighted by Crippen LogP contribution is 2.44. The van der Waals surface area contributed by atoms with Gasteiger partial charge >= 0.3 is 0 Å². The first-order valence-electron chi connectivity index (χ1n) is 8.58. The molecule has 0 saturated carbocycles. The third-order valence-corrected chi connectivity index (χ3v) is 10.5. The zero-order valence-electron chi connectivity index (χ0n) is 14.5. The highest BCUT2D eigenvalue weighted by Gasteiger charge is 2.44. The normalized spacial score (nSPS) is 16.5. The van der Waals surface area contributed by atoms with E-state index in [2.05, 4.69) is 88.4 Å². The Hall–Kier alpha value is -1.80. The lowest BCUT2D eigenvalue weighted by molar-refractivity contribution is 0.501. The summed E-state index contributed by atoms with van der Waals surface area (Å²) in [5.41, 5.74) is 5.00. The number of benzene rings is 2. The maximum absolute atomic E-state index is 6.81. The first kappa shape index (κ1) is 16.1. The first-order chi connectivity index (χ1) is 11.0. The summed E-state index contributed by atoms with van der Waals surface area (Å²) >= 11 is 0. The summed E-state index contributed by atoms with van der Waals surface area (Å²) in [4.78, 5) is 0. The van der Waals surface area contributed by atoms with Gasteiger partial charge in [0, 0.05) is 5.56 Å². The fourth-order valence-corrected chi connectivity index (χ4v) is 7.60. The van der Waals surface area contributed by atoms with E-state index in [-0.39, 0.29) is 0 Å². The number of para-hydroxylation sites is 1. The molecule has 0 unspecified atom stereocenters. The van der Waals surface area contributed by atoms with Gasteiger partial charge in [-0.2, -0.15) is 0 Å². The predicted octanol–water partition coefficient (Wildman–Crippen LogP) is 6.28. The fraction of sp³-hybridized carbons (Fsp3) is 0.333. The van der Waals surface area contributed by atoms with Crippen molar-refractivity contribution in [3.8, 4) is 5.75 Å². The summed E-state index contributed by atoms with van der Waals surface area (Å²) < 4.78 is 6.81. The summed E-state index contributed by atoms with van der Waals surface area (Å²) in [7, 11) is -1.89. The Labute approximate surface area is 141 Å². The molecule has 0 spiro atoms. The summed E-state index contributed by atoms with van der Waals surface area (Å²) in [5.74, 6) is 1.06. The Morgan fingerprint density at radius 1 is 0.826 bits per heavy atom. The molecular formula is C21H26OSi. The van der Waals surface area contributed by atoms with Gasteiger partial charge in [0.15, 0.2) is 0 Å². The Bertz CT molecular complexity index is 693. The van der Waals surface area contributed by atoms with Crippen LogP contribution in [-0.2, 0) is 0 Å². The minimum absolute atomic E-state index is 0.585. The van der Waals surface area contributed by atoms with Gasteiger partial charge in [0.2, 0.25) is 0 Å². The van der Waals surface area contributed by atoms with Crippen LogP contribution in [0.2, 0.25) is 17.1 Å². The van der Waals surface area contributed by atoms with Crippen LogP contribution in [0.3, 0.4) is 0 Å².